The Kier molecular flexibility index (Phi) is 5.79. The van der Waals surface area contributed by atoms with Gasteiger partial charge in [0.05, 0.1) is 0 Å². The first-order valence-electron chi connectivity index (χ1n) is 7.16. The number of nitrogens with one attached hydrogen (secondary N) is 1. The molecular weight excluding hydrogens is 318 g/mol. The second-order valence-electron chi connectivity index (χ2n) is 5.63. The Balaban J connectivity index is 1.86. The standard InChI is InChI=1S/C16H24BrNS/c1-13-6-7-14(10-15(13)17)11-18-12-16(19-2)8-4-3-5-9-16/h6-7,10,18H,3-5,8-9,11-12H2,1-2H3. The van der Waals surface area contributed by atoms with E-state index in [9.17, 15) is 0 Å². The summed E-state index contributed by atoms with van der Waals surface area (Å²) in [5.74, 6) is 0. The monoisotopic (exact) mass is 341 g/mol. The maximum atomic E-state index is 3.67. The Morgan fingerprint density at radius 2 is 2.00 bits per heavy atom. The zero-order chi connectivity index (χ0) is 13.7. The third-order valence-electron chi connectivity index (χ3n) is 4.21. The SMILES string of the molecule is CSC1(CNCc2ccc(C)c(Br)c2)CCCCC1. The number of rotatable bonds is 5. The smallest absolute Gasteiger partial charge is 0.0281 e. The fraction of sp³-hybridized carbons (Fsp3) is 0.625. The number of benzene rings is 1. The number of hydrogen-bond acceptors (Lipinski definition) is 2. The van der Waals surface area contributed by atoms with E-state index < -0.39 is 0 Å². The summed E-state index contributed by atoms with van der Waals surface area (Å²) in [5, 5.41) is 3.67. The van der Waals surface area contributed by atoms with Crippen molar-refractivity contribution in [1.29, 1.82) is 0 Å². The van der Waals surface area contributed by atoms with E-state index in [0.29, 0.717) is 4.75 Å². The van der Waals surface area contributed by atoms with Crippen molar-refractivity contribution in [3.05, 3.63) is 33.8 Å². The van der Waals surface area contributed by atoms with Crippen molar-refractivity contribution in [2.75, 3.05) is 12.8 Å². The molecule has 0 atom stereocenters. The van der Waals surface area contributed by atoms with E-state index in [-0.39, 0.29) is 0 Å². The fourth-order valence-electron chi connectivity index (χ4n) is 2.83. The molecule has 1 fully saturated rings. The van der Waals surface area contributed by atoms with Crippen LogP contribution in [0.4, 0.5) is 0 Å². The van der Waals surface area contributed by atoms with Crippen LogP contribution in [0.3, 0.4) is 0 Å². The van der Waals surface area contributed by atoms with Gasteiger partial charge in [0.2, 0.25) is 0 Å². The number of thioether (sulfide) groups is 1. The van der Waals surface area contributed by atoms with Crippen molar-refractivity contribution < 1.29 is 0 Å². The van der Waals surface area contributed by atoms with Crippen LogP contribution in [0.5, 0.6) is 0 Å². The van der Waals surface area contributed by atoms with Crippen LogP contribution in [-0.2, 0) is 6.54 Å². The highest BCUT2D eigenvalue weighted by Crippen LogP contribution is 2.38. The average Bonchev–Trinajstić information content (AvgIpc) is 2.44. The molecule has 0 amide bonds. The van der Waals surface area contributed by atoms with Crippen molar-refractivity contribution in [3.8, 4) is 0 Å². The molecule has 19 heavy (non-hydrogen) atoms. The number of hydrogen-bond donors (Lipinski definition) is 1. The van der Waals surface area contributed by atoms with Crippen LogP contribution in [0.25, 0.3) is 0 Å². The molecular formula is C16H24BrNS. The molecule has 3 heteroatoms. The van der Waals surface area contributed by atoms with E-state index in [4.69, 9.17) is 0 Å². The lowest BCUT2D eigenvalue weighted by Crippen LogP contribution is -2.39. The summed E-state index contributed by atoms with van der Waals surface area (Å²) in [6.07, 6.45) is 9.25. The topological polar surface area (TPSA) is 12.0 Å². The normalized spacial score (nSPS) is 18.5. The minimum absolute atomic E-state index is 0.486. The zero-order valence-electron chi connectivity index (χ0n) is 12.0. The molecule has 0 unspecified atom stereocenters. The van der Waals surface area contributed by atoms with E-state index in [1.165, 1.54) is 47.7 Å². The third-order valence-corrected chi connectivity index (χ3v) is 6.48. The first kappa shape index (κ1) is 15.4. The average molecular weight is 342 g/mol. The largest absolute Gasteiger partial charge is 0.311 e. The van der Waals surface area contributed by atoms with Crippen molar-refractivity contribution in [2.24, 2.45) is 0 Å². The quantitative estimate of drug-likeness (QED) is 0.816. The second-order valence-corrected chi connectivity index (χ2v) is 7.76. The Morgan fingerprint density at radius 3 is 2.63 bits per heavy atom. The van der Waals surface area contributed by atoms with Crippen molar-refractivity contribution in [1.82, 2.24) is 5.32 Å². The predicted molar refractivity (Wildman–Crippen MR) is 89.9 cm³/mol. The molecule has 0 heterocycles. The van der Waals surface area contributed by atoms with Crippen molar-refractivity contribution in [3.63, 3.8) is 0 Å². The van der Waals surface area contributed by atoms with Crippen molar-refractivity contribution >= 4 is 27.7 Å². The van der Waals surface area contributed by atoms with Gasteiger partial charge in [0, 0.05) is 22.3 Å². The second kappa shape index (κ2) is 7.14. The van der Waals surface area contributed by atoms with Gasteiger partial charge < -0.3 is 5.32 Å². The third kappa shape index (κ3) is 4.24. The van der Waals surface area contributed by atoms with Gasteiger partial charge in [0.1, 0.15) is 0 Å². The zero-order valence-corrected chi connectivity index (χ0v) is 14.4. The summed E-state index contributed by atoms with van der Waals surface area (Å²) in [7, 11) is 0. The highest BCUT2D eigenvalue weighted by atomic mass is 79.9. The number of aryl methyl sites for hydroxylation is 1. The molecule has 1 aromatic rings. The van der Waals surface area contributed by atoms with E-state index in [2.05, 4.69) is 64.4 Å². The molecule has 0 radical (unpaired) electrons. The lowest BCUT2D eigenvalue weighted by Gasteiger charge is -2.36. The first-order chi connectivity index (χ1) is 9.15. The maximum Gasteiger partial charge on any atom is 0.0281 e. The van der Waals surface area contributed by atoms with Gasteiger partial charge in [-0.1, -0.05) is 47.3 Å². The fourth-order valence-corrected chi connectivity index (χ4v) is 4.20. The lowest BCUT2D eigenvalue weighted by molar-refractivity contribution is 0.379. The first-order valence-corrected chi connectivity index (χ1v) is 9.18. The number of halogens is 1. The minimum atomic E-state index is 0.486. The Morgan fingerprint density at radius 1 is 1.26 bits per heavy atom. The molecule has 0 saturated heterocycles. The van der Waals surface area contributed by atoms with Gasteiger partial charge >= 0.3 is 0 Å². The molecule has 1 aliphatic rings. The van der Waals surface area contributed by atoms with Gasteiger partial charge in [-0.2, -0.15) is 11.8 Å². The Hall–Kier alpha value is 0.01000. The van der Waals surface area contributed by atoms with Gasteiger partial charge in [-0.05, 0) is 43.2 Å². The van der Waals surface area contributed by atoms with Gasteiger partial charge in [0.25, 0.3) is 0 Å². The van der Waals surface area contributed by atoms with Crippen molar-refractivity contribution in [2.45, 2.75) is 50.3 Å². The summed E-state index contributed by atoms with van der Waals surface area (Å²) in [6, 6.07) is 6.64. The van der Waals surface area contributed by atoms with Gasteiger partial charge in [-0.25, -0.2) is 0 Å². The summed E-state index contributed by atoms with van der Waals surface area (Å²) >= 11 is 5.67. The molecule has 1 nitrogen and oxygen atoms in total. The Bertz CT molecular complexity index is 413. The van der Waals surface area contributed by atoms with Crippen LogP contribution in [0.15, 0.2) is 22.7 Å². The molecule has 106 valence electrons. The van der Waals surface area contributed by atoms with E-state index in [0.717, 1.165) is 13.1 Å². The highest BCUT2D eigenvalue weighted by Gasteiger charge is 2.30. The molecule has 1 aromatic carbocycles. The molecule has 1 aliphatic carbocycles. The van der Waals surface area contributed by atoms with Gasteiger partial charge in [-0.3, -0.25) is 0 Å². The molecule has 1 N–H and O–H groups in total. The van der Waals surface area contributed by atoms with Crippen LogP contribution in [0.1, 0.15) is 43.2 Å². The molecule has 1 saturated carbocycles. The maximum absolute atomic E-state index is 3.67. The van der Waals surface area contributed by atoms with Gasteiger partial charge in [0.15, 0.2) is 0 Å². The van der Waals surface area contributed by atoms with E-state index >= 15 is 0 Å². The summed E-state index contributed by atoms with van der Waals surface area (Å²) in [5.41, 5.74) is 2.67. The van der Waals surface area contributed by atoms with E-state index in [1.54, 1.807) is 0 Å². The minimum Gasteiger partial charge on any atom is -0.311 e. The van der Waals surface area contributed by atoms with Gasteiger partial charge in [-0.15, -0.1) is 0 Å². The highest BCUT2D eigenvalue weighted by molar-refractivity contribution is 9.10. The molecule has 2 rings (SSSR count). The molecule has 0 spiro atoms. The Labute approximate surface area is 130 Å². The summed E-state index contributed by atoms with van der Waals surface area (Å²) in [4.78, 5) is 0. The van der Waals surface area contributed by atoms with Crippen LogP contribution < -0.4 is 5.32 Å². The summed E-state index contributed by atoms with van der Waals surface area (Å²) < 4.78 is 1.70. The van der Waals surface area contributed by atoms with Crippen LogP contribution in [-0.4, -0.2) is 17.5 Å². The van der Waals surface area contributed by atoms with Crippen LogP contribution >= 0.6 is 27.7 Å². The predicted octanol–water partition coefficient (Wildman–Crippen LogP) is 4.91. The molecule has 0 aliphatic heterocycles. The summed E-state index contributed by atoms with van der Waals surface area (Å²) in [6.45, 7) is 4.24. The van der Waals surface area contributed by atoms with E-state index in [1.807, 2.05) is 0 Å². The van der Waals surface area contributed by atoms with Crippen LogP contribution in [0.2, 0.25) is 0 Å². The molecule has 0 bridgehead atoms. The molecule has 0 aromatic heterocycles. The van der Waals surface area contributed by atoms with Crippen LogP contribution in [0, 0.1) is 6.92 Å². The lowest BCUT2D eigenvalue weighted by atomic mass is 9.88.